The minimum Gasteiger partial charge on any atom is -0.508 e. The van der Waals surface area contributed by atoms with Gasteiger partial charge < -0.3 is 20.2 Å². The molecule has 0 radical (unpaired) electrons. The summed E-state index contributed by atoms with van der Waals surface area (Å²) in [5.74, 6) is 0.0112. The number of anilines is 2. The molecule has 8 nitrogen and oxygen atoms in total. The summed E-state index contributed by atoms with van der Waals surface area (Å²) in [6.45, 7) is 2.20. The highest BCUT2D eigenvalue weighted by atomic mass is 19.4. The molecule has 2 aromatic carbocycles. The Balaban J connectivity index is 1.52. The molecule has 1 aliphatic heterocycles. The second kappa shape index (κ2) is 9.11. The number of rotatable bonds is 6. The second-order valence-electron chi connectivity index (χ2n) is 7.05. The Morgan fingerprint density at radius 3 is 2.45 bits per heavy atom. The van der Waals surface area contributed by atoms with Crippen molar-refractivity contribution in [2.75, 3.05) is 42.9 Å². The third kappa shape index (κ3) is 5.56. The van der Waals surface area contributed by atoms with Crippen LogP contribution in [0.25, 0.3) is 0 Å². The van der Waals surface area contributed by atoms with Crippen LogP contribution in [0.15, 0.2) is 42.5 Å². The normalized spacial score (nSPS) is 14.4. The van der Waals surface area contributed by atoms with Crippen molar-refractivity contribution >= 4 is 23.0 Å². The van der Waals surface area contributed by atoms with Crippen molar-refractivity contribution in [2.24, 2.45) is 0 Å². The number of carbonyl (C=O) groups is 1. The Morgan fingerprint density at radius 1 is 1.13 bits per heavy atom. The number of halogens is 3. The summed E-state index contributed by atoms with van der Waals surface area (Å²) in [5.41, 5.74) is -1.00. The van der Waals surface area contributed by atoms with Crippen molar-refractivity contribution in [1.29, 1.82) is 0 Å². The fourth-order valence-corrected chi connectivity index (χ4v) is 3.37. The number of nitro groups is 1. The quantitative estimate of drug-likeness (QED) is 0.529. The first-order valence-electron chi connectivity index (χ1n) is 9.56. The van der Waals surface area contributed by atoms with E-state index in [4.69, 9.17) is 0 Å². The van der Waals surface area contributed by atoms with Gasteiger partial charge in [-0.3, -0.25) is 14.9 Å². The van der Waals surface area contributed by atoms with Gasteiger partial charge in [0, 0.05) is 57.0 Å². The van der Waals surface area contributed by atoms with Gasteiger partial charge in [-0.1, -0.05) is 6.07 Å². The lowest BCUT2D eigenvalue weighted by atomic mass is 10.1. The van der Waals surface area contributed by atoms with E-state index >= 15 is 0 Å². The van der Waals surface area contributed by atoms with E-state index in [0.717, 1.165) is 17.8 Å². The van der Waals surface area contributed by atoms with Gasteiger partial charge in [-0.05, 0) is 24.3 Å². The number of nitrogens with one attached hydrogen (secondary N) is 1. The molecule has 0 aliphatic carbocycles. The molecule has 166 valence electrons. The molecule has 0 spiro atoms. The van der Waals surface area contributed by atoms with Gasteiger partial charge in [0.15, 0.2) is 0 Å². The van der Waals surface area contributed by atoms with E-state index in [1.54, 1.807) is 23.1 Å². The summed E-state index contributed by atoms with van der Waals surface area (Å²) in [4.78, 5) is 26.4. The zero-order chi connectivity index (χ0) is 22.6. The topological polar surface area (TPSA) is 98.9 Å². The highest BCUT2D eigenvalue weighted by molar-refractivity contribution is 5.77. The molecule has 1 saturated heterocycles. The van der Waals surface area contributed by atoms with Gasteiger partial charge in [0.25, 0.3) is 5.69 Å². The number of nitrogens with zero attached hydrogens (tertiary/aromatic N) is 3. The number of hydrogen-bond donors (Lipinski definition) is 2. The largest absolute Gasteiger partial charge is 0.508 e. The molecule has 1 fully saturated rings. The maximum atomic E-state index is 12.8. The number of benzene rings is 2. The highest BCUT2D eigenvalue weighted by Crippen LogP contribution is 2.35. The Labute approximate surface area is 176 Å². The number of hydrogen-bond acceptors (Lipinski definition) is 6. The lowest BCUT2D eigenvalue weighted by Gasteiger charge is -2.36. The Hall–Kier alpha value is -3.50. The van der Waals surface area contributed by atoms with Crippen molar-refractivity contribution in [3.63, 3.8) is 0 Å². The van der Waals surface area contributed by atoms with E-state index in [1.807, 2.05) is 11.0 Å². The van der Waals surface area contributed by atoms with Gasteiger partial charge in [0.2, 0.25) is 5.91 Å². The number of nitro benzene ring substituents is 1. The molecule has 0 unspecified atom stereocenters. The summed E-state index contributed by atoms with van der Waals surface area (Å²) in [5, 5.41) is 23.4. The van der Waals surface area contributed by atoms with Crippen molar-refractivity contribution in [3.8, 4) is 5.75 Å². The summed E-state index contributed by atoms with van der Waals surface area (Å²) in [6.07, 6.45) is -4.63. The van der Waals surface area contributed by atoms with Crippen LogP contribution < -0.4 is 10.2 Å². The zero-order valence-corrected chi connectivity index (χ0v) is 16.4. The Kier molecular flexibility index (Phi) is 6.52. The molecule has 31 heavy (non-hydrogen) atoms. The van der Waals surface area contributed by atoms with Crippen LogP contribution >= 0.6 is 0 Å². The average Bonchev–Trinajstić information content (AvgIpc) is 2.73. The standard InChI is InChI=1S/C20H21F3N4O4/c21-20(22,23)14-4-5-17(18(12-14)27(30)31)24-7-6-19(29)26-10-8-25(9-11-26)15-2-1-3-16(28)13-15/h1-5,12-13,24,28H,6-11H2. The van der Waals surface area contributed by atoms with E-state index in [0.29, 0.717) is 32.2 Å². The SMILES string of the molecule is O=C(CCNc1ccc(C(F)(F)F)cc1[N+](=O)[O-])N1CCN(c2cccc(O)c2)CC1. The van der Waals surface area contributed by atoms with Crippen molar-refractivity contribution in [3.05, 3.63) is 58.1 Å². The molecular formula is C20H21F3N4O4. The molecule has 2 N–H and O–H groups in total. The van der Waals surface area contributed by atoms with E-state index in [9.17, 15) is 33.2 Å². The number of phenolic OH excluding ortho intramolecular Hbond substituents is 1. The van der Waals surface area contributed by atoms with E-state index in [1.165, 1.54) is 0 Å². The third-order valence-corrected chi connectivity index (χ3v) is 5.00. The molecule has 1 aliphatic rings. The number of piperazine rings is 1. The first-order valence-corrected chi connectivity index (χ1v) is 9.56. The van der Waals surface area contributed by atoms with Crippen LogP contribution in [0.1, 0.15) is 12.0 Å². The van der Waals surface area contributed by atoms with Crippen LogP contribution in [0.5, 0.6) is 5.75 Å². The van der Waals surface area contributed by atoms with Crippen molar-refractivity contribution in [1.82, 2.24) is 4.90 Å². The molecule has 2 aromatic rings. The van der Waals surface area contributed by atoms with Gasteiger partial charge in [0.05, 0.1) is 10.5 Å². The molecule has 1 heterocycles. The monoisotopic (exact) mass is 438 g/mol. The maximum absolute atomic E-state index is 12.8. The molecule has 0 aromatic heterocycles. The van der Waals surface area contributed by atoms with Crippen LogP contribution in [0.2, 0.25) is 0 Å². The van der Waals surface area contributed by atoms with E-state index in [2.05, 4.69) is 5.32 Å². The van der Waals surface area contributed by atoms with Gasteiger partial charge >= 0.3 is 6.18 Å². The van der Waals surface area contributed by atoms with Crippen LogP contribution in [0, 0.1) is 10.1 Å². The summed E-state index contributed by atoms with van der Waals surface area (Å²) < 4.78 is 38.3. The lowest BCUT2D eigenvalue weighted by Crippen LogP contribution is -2.49. The summed E-state index contributed by atoms with van der Waals surface area (Å²) >= 11 is 0. The molecule has 1 amide bonds. The zero-order valence-electron chi connectivity index (χ0n) is 16.4. The van der Waals surface area contributed by atoms with Gasteiger partial charge in [-0.2, -0.15) is 13.2 Å². The van der Waals surface area contributed by atoms with E-state index in [-0.39, 0.29) is 30.3 Å². The number of alkyl halides is 3. The van der Waals surface area contributed by atoms with Gasteiger partial charge in [0.1, 0.15) is 11.4 Å². The number of carbonyl (C=O) groups excluding carboxylic acids is 1. The predicted octanol–water partition coefficient (Wildman–Crippen LogP) is 3.47. The Bertz CT molecular complexity index is 960. The number of phenols is 1. The summed E-state index contributed by atoms with van der Waals surface area (Å²) in [6, 6.07) is 9.09. The third-order valence-electron chi connectivity index (χ3n) is 5.00. The maximum Gasteiger partial charge on any atom is 0.416 e. The minimum atomic E-state index is -4.68. The van der Waals surface area contributed by atoms with Gasteiger partial charge in [-0.15, -0.1) is 0 Å². The first kappa shape index (κ1) is 22.2. The van der Waals surface area contributed by atoms with Crippen molar-refractivity contribution in [2.45, 2.75) is 12.6 Å². The lowest BCUT2D eigenvalue weighted by molar-refractivity contribution is -0.384. The van der Waals surface area contributed by atoms with Crippen LogP contribution in [-0.4, -0.2) is 53.6 Å². The molecular weight excluding hydrogens is 417 g/mol. The number of amides is 1. The van der Waals surface area contributed by atoms with Crippen LogP contribution in [0.3, 0.4) is 0 Å². The second-order valence-corrected chi connectivity index (χ2v) is 7.05. The average molecular weight is 438 g/mol. The molecule has 0 bridgehead atoms. The summed E-state index contributed by atoms with van der Waals surface area (Å²) in [7, 11) is 0. The first-order chi connectivity index (χ1) is 14.6. The van der Waals surface area contributed by atoms with Crippen molar-refractivity contribution < 1.29 is 28.0 Å². The predicted molar refractivity (Wildman–Crippen MR) is 108 cm³/mol. The highest BCUT2D eigenvalue weighted by Gasteiger charge is 2.33. The molecule has 0 saturated carbocycles. The smallest absolute Gasteiger partial charge is 0.416 e. The molecule has 3 rings (SSSR count). The molecule has 11 heteroatoms. The van der Waals surface area contributed by atoms with Crippen LogP contribution in [0.4, 0.5) is 30.2 Å². The minimum absolute atomic E-state index is 0.0459. The van der Waals surface area contributed by atoms with E-state index < -0.39 is 22.4 Å². The Morgan fingerprint density at radius 2 is 1.84 bits per heavy atom. The molecule has 0 atom stereocenters. The number of aromatic hydroxyl groups is 1. The fraction of sp³-hybridized carbons (Fsp3) is 0.350. The van der Waals surface area contributed by atoms with Crippen LogP contribution in [-0.2, 0) is 11.0 Å². The fourth-order valence-electron chi connectivity index (χ4n) is 3.37. The van der Waals surface area contributed by atoms with Gasteiger partial charge in [-0.25, -0.2) is 0 Å².